The molecule has 0 spiro atoms. The highest BCUT2D eigenvalue weighted by molar-refractivity contribution is 5.88. The first-order valence-corrected chi connectivity index (χ1v) is 8.29. The quantitative estimate of drug-likeness (QED) is 0.690. The summed E-state index contributed by atoms with van der Waals surface area (Å²) >= 11 is 0. The monoisotopic (exact) mass is 323 g/mol. The summed E-state index contributed by atoms with van der Waals surface area (Å²) in [5, 5.41) is 2.67. The minimum absolute atomic E-state index is 0.132. The van der Waals surface area contributed by atoms with Gasteiger partial charge in [-0.2, -0.15) is 0 Å². The van der Waals surface area contributed by atoms with Crippen molar-refractivity contribution < 1.29 is 14.3 Å². The van der Waals surface area contributed by atoms with Gasteiger partial charge in [-0.1, -0.05) is 18.2 Å². The smallest absolute Gasteiger partial charge is 0.315 e. The van der Waals surface area contributed by atoms with E-state index in [0.29, 0.717) is 11.4 Å². The first kappa shape index (κ1) is 16.2. The zero-order chi connectivity index (χ0) is 16.9. The molecule has 0 radical (unpaired) electrons. The van der Waals surface area contributed by atoms with E-state index in [1.807, 2.05) is 6.07 Å². The molecule has 0 heterocycles. The molecule has 0 aromatic heterocycles. The van der Waals surface area contributed by atoms with Crippen molar-refractivity contribution in [1.29, 1.82) is 0 Å². The van der Waals surface area contributed by atoms with E-state index >= 15 is 0 Å². The van der Waals surface area contributed by atoms with E-state index in [1.54, 1.807) is 24.3 Å². The highest BCUT2D eigenvalue weighted by atomic mass is 16.5. The standard InChI is InChI=1S/C20H21NO3/c1-14(22)21-18-8-10-19(11-9-18)24-20(23)13-15-6-7-16-4-2-3-5-17(16)12-15/h6-12H,2-5,13H2,1H3,(H,21,22). The molecule has 124 valence electrons. The molecule has 0 saturated carbocycles. The van der Waals surface area contributed by atoms with Gasteiger partial charge in [-0.05, 0) is 66.6 Å². The second kappa shape index (κ2) is 7.30. The molecule has 0 aliphatic heterocycles. The number of nitrogens with one attached hydrogen (secondary N) is 1. The molecule has 1 amide bonds. The number of aryl methyl sites for hydroxylation is 2. The highest BCUT2D eigenvalue weighted by Gasteiger charge is 2.12. The van der Waals surface area contributed by atoms with Gasteiger partial charge < -0.3 is 10.1 Å². The zero-order valence-electron chi connectivity index (χ0n) is 13.8. The molecule has 1 N–H and O–H groups in total. The fraction of sp³-hybridized carbons (Fsp3) is 0.300. The third-order valence-electron chi connectivity index (χ3n) is 4.17. The number of fused-ring (bicyclic) bond motifs is 1. The summed E-state index contributed by atoms with van der Waals surface area (Å²) < 4.78 is 5.37. The van der Waals surface area contributed by atoms with Crippen LogP contribution in [-0.2, 0) is 28.9 Å². The number of rotatable bonds is 4. The lowest BCUT2D eigenvalue weighted by atomic mass is 9.90. The van der Waals surface area contributed by atoms with Gasteiger partial charge in [0, 0.05) is 12.6 Å². The van der Waals surface area contributed by atoms with Gasteiger partial charge in [-0.25, -0.2) is 0 Å². The van der Waals surface area contributed by atoms with Crippen LogP contribution in [0.2, 0.25) is 0 Å². The predicted octanol–water partition coefficient (Wildman–Crippen LogP) is 3.67. The summed E-state index contributed by atoms with van der Waals surface area (Å²) in [5.41, 5.74) is 4.45. The number of hydrogen-bond donors (Lipinski definition) is 1. The van der Waals surface area contributed by atoms with E-state index in [2.05, 4.69) is 17.4 Å². The van der Waals surface area contributed by atoms with E-state index in [4.69, 9.17) is 4.74 Å². The van der Waals surface area contributed by atoms with Gasteiger partial charge in [0.2, 0.25) is 5.91 Å². The largest absolute Gasteiger partial charge is 0.426 e. The van der Waals surface area contributed by atoms with Crippen LogP contribution in [0.4, 0.5) is 5.69 Å². The van der Waals surface area contributed by atoms with Gasteiger partial charge in [0.05, 0.1) is 6.42 Å². The maximum Gasteiger partial charge on any atom is 0.315 e. The maximum absolute atomic E-state index is 12.1. The number of carbonyl (C=O) groups excluding carboxylic acids is 2. The molecule has 4 nitrogen and oxygen atoms in total. The van der Waals surface area contributed by atoms with Crippen molar-refractivity contribution >= 4 is 17.6 Å². The van der Waals surface area contributed by atoms with Gasteiger partial charge in [0.15, 0.2) is 0 Å². The van der Waals surface area contributed by atoms with Crippen LogP contribution < -0.4 is 10.1 Å². The van der Waals surface area contributed by atoms with E-state index in [1.165, 1.54) is 30.9 Å². The van der Waals surface area contributed by atoms with Gasteiger partial charge in [0.25, 0.3) is 0 Å². The Hall–Kier alpha value is -2.62. The highest BCUT2D eigenvalue weighted by Crippen LogP contribution is 2.23. The Balaban J connectivity index is 1.60. The van der Waals surface area contributed by atoms with Crippen molar-refractivity contribution in [1.82, 2.24) is 0 Å². The number of hydrogen-bond acceptors (Lipinski definition) is 3. The molecule has 0 saturated heterocycles. The van der Waals surface area contributed by atoms with E-state index in [-0.39, 0.29) is 18.3 Å². The number of amides is 1. The van der Waals surface area contributed by atoms with Crippen LogP contribution in [0, 0.1) is 0 Å². The second-order valence-corrected chi connectivity index (χ2v) is 6.17. The van der Waals surface area contributed by atoms with Crippen molar-refractivity contribution in [3.05, 3.63) is 59.2 Å². The average Bonchev–Trinajstić information content (AvgIpc) is 2.56. The average molecular weight is 323 g/mol. The maximum atomic E-state index is 12.1. The summed E-state index contributed by atoms with van der Waals surface area (Å²) in [6.07, 6.45) is 4.98. The molecule has 2 aromatic carbocycles. The molecule has 1 aliphatic rings. The Kier molecular flexibility index (Phi) is 4.94. The van der Waals surface area contributed by atoms with Crippen LogP contribution in [-0.4, -0.2) is 11.9 Å². The lowest BCUT2D eigenvalue weighted by molar-refractivity contribution is -0.133. The van der Waals surface area contributed by atoms with Crippen LogP contribution in [0.15, 0.2) is 42.5 Å². The van der Waals surface area contributed by atoms with Crippen molar-refractivity contribution in [2.75, 3.05) is 5.32 Å². The summed E-state index contributed by atoms with van der Waals surface area (Å²) in [5.74, 6) is 0.0669. The number of anilines is 1. The van der Waals surface area contributed by atoms with Crippen molar-refractivity contribution in [2.24, 2.45) is 0 Å². The molecule has 0 atom stereocenters. The Morgan fingerprint density at radius 3 is 2.42 bits per heavy atom. The molecule has 2 aromatic rings. The van der Waals surface area contributed by atoms with E-state index in [0.717, 1.165) is 18.4 Å². The predicted molar refractivity (Wildman–Crippen MR) is 93.2 cm³/mol. The molecule has 0 fully saturated rings. The van der Waals surface area contributed by atoms with Crippen molar-refractivity contribution in [3.8, 4) is 5.75 Å². The Morgan fingerprint density at radius 2 is 1.71 bits per heavy atom. The number of carbonyl (C=O) groups is 2. The summed E-state index contributed by atoms with van der Waals surface area (Å²) in [6.45, 7) is 1.45. The Bertz CT molecular complexity index is 750. The molecule has 24 heavy (non-hydrogen) atoms. The molecular weight excluding hydrogens is 302 g/mol. The van der Waals surface area contributed by atoms with Crippen molar-refractivity contribution in [3.63, 3.8) is 0 Å². The molecule has 4 heteroatoms. The Morgan fingerprint density at radius 1 is 1.00 bits per heavy atom. The molecule has 1 aliphatic carbocycles. The fourth-order valence-corrected chi connectivity index (χ4v) is 3.04. The topological polar surface area (TPSA) is 55.4 Å². The molecule has 0 unspecified atom stereocenters. The van der Waals surface area contributed by atoms with Gasteiger partial charge >= 0.3 is 5.97 Å². The van der Waals surface area contributed by atoms with Crippen LogP contribution in [0.3, 0.4) is 0 Å². The summed E-state index contributed by atoms with van der Waals surface area (Å²) in [6, 6.07) is 13.1. The van der Waals surface area contributed by atoms with E-state index in [9.17, 15) is 9.59 Å². The van der Waals surface area contributed by atoms with Crippen LogP contribution in [0.5, 0.6) is 5.75 Å². The molecule has 3 rings (SSSR count). The normalized spacial score (nSPS) is 13.0. The third-order valence-corrected chi connectivity index (χ3v) is 4.17. The van der Waals surface area contributed by atoms with Gasteiger partial charge in [-0.15, -0.1) is 0 Å². The summed E-state index contributed by atoms with van der Waals surface area (Å²) in [7, 11) is 0. The minimum Gasteiger partial charge on any atom is -0.426 e. The lowest BCUT2D eigenvalue weighted by Crippen LogP contribution is -2.12. The summed E-state index contributed by atoms with van der Waals surface area (Å²) in [4.78, 5) is 23.1. The fourth-order valence-electron chi connectivity index (χ4n) is 3.04. The SMILES string of the molecule is CC(=O)Nc1ccc(OC(=O)Cc2ccc3c(c2)CCCC3)cc1. The third kappa shape index (κ3) is 4.22. The minimum atomic E-state index is -0.280. The van der Waals surface area contributed by atoms with Crippen LogP contribution in [0.1, 0.15) is 36.5 Å². The first-order valence-electron chi connectivity index (χ1n) is 8.29. The van der Waals surface area contributed by atoms with Gasteiger partial charge in [-0.3, -0.25) is 9.59 Å². The zero-order valence-corrected chi connectivity index (χ0v) is 13.8. The van der Waals surface area contributed by atoms with Gasteiger partial charge in [0.1, 0.15) is 5.75 Å². The number of benzene rings is 2. The van der Waals surface area contributed by atoms with Crippen LogP contribution in [0.25, 0.3) is 0 Å². The first-order chi connectivity index (χ1) is 11.6. The molecular formula is C20H21NO3. The number of esters is 1. The lowest BCUT2D eigenvalue weighted by Gasteiger charge is -2.16. The molecule has 0 bridgehead atoms. The number of ether oxygens (including phenoxy) is 1. The second-order valence-electron chi connectivity index (χ2n) is 6.17. The van der Waals surface area contributed by atoms with E-state index < -0.39 is 0 Å². The van der Waals surface area contributed by atoms with Crippen molar-refractivity contribution in [2.45, 2.75) is 39.0 Å². The Labute approximate surface area is 141 Å². The van der Waals surface area contributed by atoms with Crippen LogP contribution >= 0.6 is 0 Å².